The Morgan fingerprint density at radius 2 is 2.24 bits per heavy atom. The van der Waals surface area contributed by atoms with Gasteiger partial charge >= 0.3 is 0 Å². The minimum Gasteiger partial charge on any atom is -0.312 e. The molecular formula is C14H24N2S. The van der Waals surface area contributed by atoms with Crippen molar-refractivity contribution in [1.82, 2.24) is 10.2 Å². The fourth-order valence-corrected chi connectivity index (χ4v) is 2.92. The maximum Gasteiger partial charge on any atom is 0.0244 e. The predicted octanol–water partition coefficient (Wildman–Crippen LogP) is 2.96. The van der Waals surface area contributed by atoms with Crippen LogP contribution in [0.5, 0.6) is 0 Å². The van der Waals surface area contributed by atoms with E-state index in [0.717, 1.165) is 19.1 Å². The summed E-state index contributed by atoms with van der Waals surface area (Å²) in [5.41, 5.74) is 1.44. The Balaban J connectivity index is 1.84. The summed E-state index contributed by atoms with van der Waals surface area (Å²) in [6.07, 6.45) is 2.75. The third kappa shape index (κ3) is 4.09. The highest BCUT2D eigenvalue weighted by atomic mass is 32.1. The molecule has 17 heavy (non-hydrogen) atoms. The first-order valence-electron chi connectivity index (χ1n) is 6.61. The summed E-state index contributed by atoms with van der Waals surface area (Å²) in [5.74, 6) is 0.699. The van der Waals surface area contributed by atoms with Crippen LogP contribution in [-0.4, -0.2) is 30.6 Å². The molecule has 1 saturated carbocycles. The van der Waals surface area contributed by atoms with Gasteiger partial charge < -0.3 is 5.32 Å². The van der Waals surface area contributed by atoms with Crippen LogP contribution in [0.25, 0.3) is 0 Å². The summed E-state index contributed by atoms with van der Waals surface area (Å²) in [5, 5.41) is 8.07. The van der Waals surface area contributed by atoms with E-state index in [-0.39, 0.29) is 0 Å². The number of hydrogen-bond acceptors (Lipinski definition) is 3. The SMILES string of the molecule is CC(C)C(CNC1CC1)N(C)Cc1ccsc1. The fourth-order valence-electron chi connectivity index (χ4n) is 2.26. The summed E-state index contributed by atoms with van der Waals surface area (Å²) < 4.78 is 0. The molecule has 0 spiro atoms. The van der Waals surface area contributed by atoms with Gasteiger partial charge in [-0.15, -0.1) is 0 Å². The summed E-state index contributed by atoms with van der Waals surface area (Å²) in [7, 11) is 2.25. The van der Waals surface area contributed by atoms with Crippen molar-refractivity contribution in [3.63, 3.8) is 0 Å². The molecule has 1 aliphatic carbocycles. The van der Waals surface area contributed by atoms with Crippen LogP contribution >= 0.6 is 11.3 Å². The molecule has 2 rings (SSSR count). The molecule has 3 heteroatoms. The molecule has 0 radical (unpaired) electrons. The molecule has 1 aromatic heterocycles. The summed E-state index contributed by atoms with van der Waals surface area (Å²) in [4.78, 5) is 2.49. The van der Waals surface area contributed by atoms with Gasteiger partial charge in [-0.1, -0.05) is 13.8 Å². The molecule has 0 aromatic carbocycles. The Bertz CT molecular complexity index is 317. The van der Waals surface area contributed by atoms with Gasteiger partial charge in [0.2, 0.25) is 0 Å². The van der Waals surface area contributed by atoms with Crippen LogP contribution in [-0.2, 0) is 6.54 Å². The van der Waals surface area contributed by atoms with Crippen molar-refractivity contribution in [3.05, 3.63) is 22.4 Å². The van der Waals surface area contributed by atoms with E-state index in [0.29, 0.717) is 12.0 Å². The second-order valence-corrected chi connectivity index (χ2v) is 6.32. The fraction of sp³-hybridized carbons (Fsp3) is 0.714. The van der Waals surface area contributed by atoms with E-state index in [4.69, 9.17) is 0 Å². The van der Waals surface area contributed by atoms with E-state index < -0.39 is 0 Å². The van der Waals surface area contributed by atoms with E-state index in [1.54, 1.807) is 11.3 Å². The van der Waals surface area contributed by atoms with Gasteiger partial charge in [-0.2, -0.15) is 11.3 Å². The topological polar surface area (TPSA) is 15.3 Å². The maximum atomic E-state index is 3.66. The van der Waals surface area contributed by atoms with E-state index in [9.17, 15) is 0 Å². The number of nitrogens with one attached hydrogen (secondary N) is 1. The zero-order chi connectivity index (χ0) is 12.3. The first-order valence-corrected chi connectivity index (χ1v) is 7.56. The number of likely N-dealkylation sites (N-methyl/N-ethyl adjacent to an activating group) is 1. The lowest BCUT2D eigenvalue weighted by atomic mass is 10.0. The lowest BCUT2D eigenvalue weighted by Crippen LogP contribution is -2.43. The van der Waals surface area contributed by atoms with E-state index in [1.165, 1.54) is 18.4 Å². The van der Waals surface area contributed by atoms with E-state index in [2.05, 4.69) is 47.9 Å². The number of rotatable bonds is 7. The standard InChI is InChI=1S/C14H24N2S/c1-11(2)14(8-15-13-4-5-13)16(3)9-12-6-7-17-10-12/h6-7,10-11,13-15H,4-5,8-9H2,1-3H3. The molecule has 0 bridgehead atoms. The molecule has 1 unspecified atom stereocenters. The second kappa shape index (κ2) is 5.98. The summed E-state index contributed by atoms with van der Waals surface area (Å²) in [6.45, 7) is 6.84. The van der Waals surface area contributed by atoms with Gasteiger partial charge in [0.1, 0.15) is 0 Å². The first kappa shape index (κ1) is 13.1. The first-order chi connectivity index (χ1) is 8.16. The Kier molecular flexibility index (Phi) is 4.60. The Labute approximate surface area is 109 Å². The number of hydrogen-bond donors (Lipinski definition) is 1. The van der Waals surface area contributed by atoms with E-state index in [1.807, 2.05) is 0 Å². The van der Waals surface area contributed by atoms with Crippen LogP contribution in [0, 0.1) is 5.92 Å². The van der Waals surface area contributed by atoms with Crippen LogP contribution in [0.15, 0.2) is 16.8 Å². The molecule has 1 fully saturated rings. The largest absolute Gasteiger partial charge is 0.312 e. The van der Waals surface area contributed by atoms with Crippen molar-refractivity contribution in [2.75, 3.05) is 13.6 Å². The lowest BCUT2D eigenvalue weighted by molar-refractivity contribution is 0.179. The van der Waals surface area contributed by atoms with Crippen molar-refractivity contribution in [3.8, 4) is 0 Å². The third-order valence-electron chi connectivity index (χ3n) is 3.54. The molecule has 1 heterocycles. The van der Waals surface area contributed by atoms with Crippen molar-refractivity contribution in [1.29, 1.82) is 0 Å². The molecule has 1 atom stereocenters. The molecule has 2 nitrogen and oxygen atoms in total. The zero-order valence-corrected chi connectivity index (χ0v) is 12.0. The highest BCUT2D eigenvalue weighted by Gasteiger charge is 2.24. The van der Waals surface area contributed by atoms with Crippen LogP contribution in [0.2, 0.25) is 0 Å². The van der Waals surface area contributed by atoms with Gasteiger partial charge in [-0.3, -0.25) is 4.90 Å². The minimum absolute atomic E-state index is 0.635. The van der Waals surface area contributed by atoms with Gasteiger partial charge in [0.15, 0.2) is 0 Å². The van der Waals surface area contributed by atoms with Crippen molar-refractivity contribution in [2.24, 2.45) is 5.92 Å². The predicted molar refractivity (Wildman–Crippen MR) is 75.4 cm³/mol. The molecule has 0 aliphatic heterocycles. The Hall–Kier alpha value is -0.380. The molecule has 1 aliphatic rings. The quantitative estimate of drug-likeness (QED) is 0.802. The summed E-state index contributed by atoms with van der Waals surface area (Å²) in [6, 6.07) is 3.67. The van der Waals surface area contributed by atoms with Gasteiger partial charge in [-0.25, -0.2) is 0 Å². The Morgan fingerprint density at radius 3 is 2.76 bits per heavy atom. The van der Waals surface area contributed by atoms with E-state index >= 15 is 0 Å². The third-order valence-corrected chi connectivity index (χ3v) is 4.27. The molecule has 96 valence electrons. The van der Waals surface area contributed by atoms with Crippen molar-refractivity contribution >= 4 is 11.3 Å². The van der Waals surface area contributed by atoms with Gasteiger partial charge in [0.25, 0.3) is 0 Å². The molecule has 1 aromatic rings. The number of nitrogens with zero attached hydrogens (tertiary/aromatic N) is 1. The van der Waals surface area contributed by atoms with Crippen molar-refractivity contribution < 1.29 is 0 Å². The summed E-state index contributed by atoms with van der Waals surface area (Å²) >= 11 is 1.79. The van der Waals surface area contributed by atoms with Gasteiger partial charge in [0.05, 0.1) is 0 Å². The highest BCUT2D eigenvalue weighted by Crippen LogP contribution is 2.20. The average Bonchev–Trinajstić information content (AvgIpc) is 2.95. The van der Waals surface area contributed by atoms with Crippen LogP contribution in [0.3, 0.4) is 0 Å². The maximum absolute atomic E-state index is 3.66. The molecule has 1 N–H and O–H groups in total. The minimum atomic E-state index is 0.635. The lowest BCUT2D eigenvalue weighted by Gasteiger charge is -2.31. The average molecular weight is 252 g/mol. The zero-order valence-electron chi connectivity index (χ0n) is 11.1. The Morgan fingerprint density at radius 1 is 1.47 bits per heavy atom. The second-order valence-electron chi connectivity index (χ2n) is 5.54. The normalized spacial score (nSPS) is 17.9. The van der Waals surface area contributed by atoms with Crippen LogP contribution < -0.4 is 5.32 Å². The molecular weight excluding hydrogens is 228 g/mol. The molecule has 0 saturated heterocycles. The highest BCUT2D eigenvalue weighted by molar-refractivity contribution is 7.07. The molecule has 0 amide bonds. The number of thiophene rings is 1. The monoisotopic (exact) mass is 252 g/mol. The van der Waals surface area contributed by atoms with Gasteiger partial charge in [0, 0.05) is 25.2 Å². The van der Waals surface area contributed by atoms with Crippen LogP contribution in [0.4, 0.5) is 0 Å². The van der Waals surface area contributed by atoms with Gasteiger partial charge in [-0.05, 0) is 48.2 Å². The van der Waals surface area contributed by atoms with Crippen molar-refractivity contribution in [2.45, 2.75) is 45.3 Å². The smallest absolute Gasteiger partial charge is 0.0244 e. The van der Waals surface area contributed by atoms with Crippen LogP contribution in [0.1, 0.15) is 32.3 Å².